The summed E-state index contributed by atoms with van der Waals surface area (Å²) in [7, 11) is 0. The predicted octanol–water partition coefficient (Wildman–Crippen LogP) is 4.89. The summed E-state index contributed by atoms with van der Waals surface area (Å²) in [5.74, 6) is -1.10. The molecule has 0 spiro atoms. The predicted molar refractivity (Wildman–Crippen MR) is 96.9 cm³/mol. The Kier molecular flexibility index (Phi) is 6.10. The first kappa shape index (κ1) is 20.4. The average molecular weight is 417 g/mol. The highest BCUT2D eigenvalue weighted by atomic mass is 35.5. The van der Waals surface area contributed by atoms with Gasteiger partial charge in [0.2, 0.25) is 5.91 Å². The number of amides is 1. The second-order valence-corrected chi connectivity index (χ2v) is 6.83. The molecule has 1 atom stereocenters. The standard InChI is InChI=1S/C19H17ClF4N2O2/c20-13-2-4-17(15(7-13)19(22,23)24)26-14-3-1-11(16(21)8-14)9-25-18(27)12-5-6-28-10-12/h1-4,7-8,12,26H,5-6,9-10H2,(H,25,27). The van der Waals surface area contributed by atoms with Crippen molar-refractivity contribution in [2.75, 3.05) is 18.5 Å². The highest BCUT2D eigenvalue weighted by Gasteiger charge is 2.34. The molecule has 1 aliphatic heterocycles. The second-order valence-electron chi connectivity index (χ2n) is 6.40. The van der Waals surface area contributed by atoms with Crippen LogP contribution in [-0.2, 0) is 22.3 Å². The fraction of sp³-hybridized carbons (Fsp3) is 0.316. The zero-order valence-electron chi connectivity index (χ0n) is 14.6. The third-order valence-corrected chi connectivity index (χ3v) is 4.61. The number of nitrogens with one attached hydrogen (secondary N) is 2. The van der Waals surface area contributed by atoms with Gasteiger partial charge in [0.15, 0.2) is 0 Å². The number of ether oxygens (including phenoxy) is 1. The maximum atomic E-state index is 14.3. The summed E-state index contributed by atoms with van der Waals surface area (Å²) in [5.41, 5.74) is -0.816. The van der Waals surface area contributed by atoms with Crippen molar-refractivity contribution in [1.82, 2.24) is 5.32 Å². The van der Waals surface area contributed by atoms with Crippen molar-refractivity contribution in [3.05, 3.63) is 58.4 Å². The molecule has 0 bridgehead atoms. The van der Waals surface area contributed by atoms with E-state index < -0.39 is 17.6 Å². The molecule has 2 aromatic carbocycles. The molecule has 0 aromatic heterocycles. The number of hydrogen-bond acceptors (Lipinski definition) is 3. The molecular formula is C19H17ClF4N2O2. The summed E-state index contributed by atoms with van der Waals surface area (Å²) in [5, 5.41) is 5.15. The molecule has 0 radical (unpaired) electrons. The van der Waals surface area contributed by atoms with Crippen molar-refractivity contribution in [2.24, 2.45) is 5.92 Å². The van der Waals surface area contributed by atoms with Crippen LogP contribution in [0, 0.1) is 11.7 Å². The maximum Gasteiger partial charge on any atom is 0.418 e. The number of benzene rings is 2. The number of hydrogen-bond donors (Lipinski definition) is 2. The summed E-state index contributed by atoms with van der Waals surface area (Å²) in [4.78, 5) is 12.0. The number of anilines is 2. The zero-order valence-corrected chi connectivity index (χ0v) is 15.3. The Morgan fingerprint density at radius 3 is 2.64 bits per heavy atom. The molecule has 2 aromatic rings. The van der Waals surface area contributed by atoms with Gasteiger partial charge in [0, 0.05) is 29.4 Å². The molecular weight excluding hydrogens is 400 g/mol. The Balaban J connectivity index is 1.70. The monoisotopic (exact) mass is 416 g/mol. The van der Waals surface area contributed by atoms with Gasteiger partial charge < -0.3 is 15.4 Å². The van der Waals surface area contributed by atoms with Crippen LogP contribution in [0.3, 0.4) is 0 Å². The normalized spacial score (nSPS) is 16.8. The van der Waals surface area contributed by atoms with E-state index in [1.807, 2.05) is 0 Å². The molecule has 9 heteroatoms. The first-order valence-electron chi connectivity index (χ1n) is 8.51. The summed E-state index contributed by atoms with van der Waals surface area (Å²) in [6, 6.07) is 7.23. The topological polar surface area (TPSA) is 50.4 Å². The highest BCUT2D eigenvalue weighted by molar-refractivity contribution is 6.30. The minimum absolute atomic E-state index is 0.0177. The van der Waals surface area contributed by atoms with Gasteiger partial charge in [0.1, 0.15) is 5.82 Å². The summed E-state index contributed by atoms with van der Waals surface area (Å²) >= 11 is 5.65. The van der Waals surface area contributed by atoms with E-state index in [4.69, 9.17) is 16.3 Å². The molecule has 4 nitrogen and oxygen atoms in total. The van der Waals surface area contributed by atoms with Gasteiger partial charge in [-0.1, -0.05) is 17.7 Å². The molecule has 1 heterocycles. The van der Waals surface area contributed by atoms with Crippen LogP contribution in [0.2, 0.25) is 5.02 Å². The van der Waals surface area contributed by atoms with Crippen molar-refractivity contribution >= 4 is 28.9 Å². The summed E-state index contributed by atoms with van der Waals surface area (Å²) in [6.45, 7) is 0.855. The van der Waals surface area contributed by atoms with E-state index in [-0.39, 0.29) is 40.3 Å². The average Bonchev–Trinajstić information content (AvgIpc) is 3.16. The SMILES string of the molecule is O=C(NCc1ccc(Nc2ccc(Cl)cc2C(F)(F)F)cc1F)C1CCOC1. The van der Waals surface area contributed by atoms with Crippen molar-refractivity contribution in [2.45, 2.75) is 19.1 Å². The van der Waals surface area contributed by atoms with Crippen LogP contribution in [0.15, 0.2) is 36.4 Å². The van der Waals surface area contributed by atoms with Crippen LogP contribution in [0.1, 0.15) is 17.5 Å². The van der Waals surface area contributed by atoms with Crippen molar-refractivity contribution in [3.63, 3.8) is 0 Å². The molecule has 1 fully saturated rings. The van der Waals surface area contributed by atoms with Gasteiger partial charge in [-0.25, -0.2) is 4.39 Å². The second kappa shape index (κ2) is 8.36. The lowest BCUT2D eigenvalue weighted by atomic mass is 10.1. The van der Waals surface area contributed by atoms with Gasteiger partial charge in [-0.15, -0.1) is 0 Å². The molecule has 1 amide bonds. The van der Waals surface area contributed by atoms with E-state index in [0.717, 1.165) is 12.1 Å². The fourth-order valence-corrected chi connectivity index (χ4v) is 3.02. The molecule has 1 aliphatic rings. The zero-order chi connectivity index (χ0) is 20.3. The number of alkyl halides is 3. The summed E-state index contributed by atoms with van der Waals surface area (Å²) in [6.07, 6.45) is -3.99. The lowest BCUT2D eigenvalue weighted by Crippen LogP contribution is -2.30. The van der Waals surface area contributed by atoms with Crippen LogP contribution in [0.5, 0.6) is 0 Å². The Hall–Kier alpha value is -2.32. The van der Waals surface area contributed by atoms with Crippen LogP contribution in [0.4, 0.5) is 28.9 Å². The molecule has 1 unspecified atom stereocenters. The van der Waals surface area contributed by atoms with E-state index in [0.29, 0.717) is 19.6 Å². The van der Waals surface area contributed by atoms with Gasteiger partial charge in [-0.05, 0) is 36.8 Å². The third-order valence-electron chi connectivity index (χ3n) is 4.37. The smallest absolute Gasteiger partial charge is 0.381 e. The van der Waals surface area contributed by atoms with Crippen LogP contribution >= 0.6 is 11.6 Å². The van der Waals surface area contributed by atoms with E-state index >= 15 is 0 Å². The van der Waals surface area contributed by atoms with Crippen LogP contribution < -0.4 is 10.6 Å². The lowest BCUT2D eigenvalue weighted by Gasteiger charge is -2.16. The van der Waals surface area contributed by atoms with Gasteiger partial charge in [0.05, 0.1) is 23.8 Å². The van der Waals surface area contributed by atoms with E-state index in [9.17, 15) is 22.4 Å². The Bertz CT molecular complexity index is 867. The molecule has 1 saturated heterocycles. The van der Waals surface area contributed by atoms with E-state index in [1.54, 1.807) is 0 Å². The largest absolute Gasteiger partial charge is 0.418 e. The molecule has 0 aliphatic carbocycles. The lowest BCUT2D eigenvalue weighted by molar-refractivity contribution is -0.137. The quantitative estimate of drug-likeness (QED) is 0.682. The number of carbonyl (C=O) groups excluding carboxylic acids is 1. The van der Waals surface area contributed by atoms with Crippen molar-refractivity contribution < 1.29 is 27.1 Å². The van der Waals surface area contributed by atoms with Crippen molar-refractivity contribution in [1.29, 1.82) is 0 Å². The third kappa shape index (κ3) is 4.94. The number of halogens is 5. The van der Waals surface area contributed by atoms with Gasteiger partial charge in [-0.2, -0.15) is 13.2 Å². The molecule has 28 heavy (non-hydrogen) atoms. The first-order valence-corrected chi connectivity index (χ1v) is 8.89. The van der Waals surface area contributed by atoms with Crippen LogP contribution in [0.25, 0.3) is 0 Å². The van der Waals surface area contributed by atoms with Gasteiger partial charge in [-0.3, -0.25) is 4.79 Å². The van der Waals surface area contributed by atoms with E-state index in [1.165, 1.54) is 24.3 Å². The van der Waals surface area contributed by atoms with Crippen LogP contribution in [-0.4, -0.2) is 19.1 Å². The molecule has 0 saturated carbocycles. The maximum absolute atomic E-state index is 14.3. The number of rotatable bonds is 5. The molecule has 150 valence electrons. The number of carbonyl (C=O) groups is 1. The summed E-state index contributed by atoms with van der Waals surface area (Å²) < 4.78 is 58.9. The van der Waals surface area contributed by atoms with E-state index in [2.05, 4.69) is 10.6 Å². The minimum Gasteiger partial charge on any atom is -0.381 e. The molecule has 2 N–H and O–H groups in total. The first-order chi connectivity index (χ1) is 13.2. The minimum atomic E-state index is -4.61. The highest BCUT2D eigenvalue weighted by Crippen LogP contribution is 2.37. The molecule has 3 rings (SSSR count). The van der Waals surface area contributed by atoms with Crippen molar-refractivity contribution in [3.8, 4) is 0 Å². The Morgan fingerprint density at radius 1 is 1.21 bits per heavy atom. The van der Waals surface area contributed by atoms with Gasteiger partial charge >= 0.3 is 6.18 Å². The van der Waals surface area contributed by atoms with Gasteiger partial charge in [0.25, 0.3) is 0 Å². The Labute approximate surface area is 163 Å². The fourth-order valence-electron chi connectivity index (χ4n) is 2.85. The Morgan fingerprint density at radius 2 is 2.00 bits per heavy atom.